The number of benzene rings is 3. The highest BCUT2D eigenvalue weighted by atomic mass is 19.2. The quantitative estimate of drug-likeness (QED) is 0.201. The number of hydrogen-bond acceptors (Lipinski definition) is 2. The molecule has 1 aliphatic rings. The molecule has 0 unspecified atom stereocenters. The van der Waals surface area contributed by atoms with Crippen LogP contribution in [0.1, 0.15) is 75.0 Å². The van der Waals surface area contributed by atoms with Gasteiger partial charge in [-0.1, -0.05) is 61.9 Å². The molecule has 0 bridgehead atoms. The van der Waals surface area contributed by atoms with Crippen LogP contribution in [0.25, 0.3) is 23.3 Å². The molecule has 1 fully saturated rings. The fraction of sp³-hybridized carbons (Fsp3) is 0.375. The summed E-state index contributed by atoms with van der Waals surface area (Å²) in [6.07, 6.45) is 9.23. The van der Waals surface area contributed by atoms with Gasteiger partial charge >= 0.3 is 0 Å². The Kier molecular flexibility index (Phi) is 9.45. The number of halogens is 3. The van der Waals surface area contributed by atoms with E-state index in [1.165, 1.54) is 6.07 Å². The maximum Gasteiger partial charge on any atom is 0.166 e. The van der Waals surface area contributed by atoms with Crippen LogP contribution in [-0.2, 0) is 4.74 Å². The number of hydrogen-bond donors (Lipinski definition) is 0. The molecule has 1 saturated carbocycles. The number of rotatable bonds is 10. The van der Waals surface area contributed by atoms with Crippen molar-refractivity contribution >= 4 is 12.2 Å². The van der Waals surface area contributed by atoms with Crippen molar-refractivity contribution in [3.63, 3.8) is 0 Å². The number of unbranched alkanes of at least 4 members (excludes halogenated alkanes) is 1. The molecular formula is C32H35F3O2. The van der Waals surface area contributed by atoms with Crippen LogP contribution in [-0.4, -0.2) is 19.3 Å². The predicted octanol–water partition coefficient (Wildman–Crippen LogP) is 9.18. The first-order valence-corrected chi connectivity index (χ1v) is 13.3. The second kappa shape index (κ2) is 13.0. The average molecular weight is 509 g/mol. The molecule has 196 valence electrons. The van der Waals surface area contributed by atoms with Crippen molar-refractivity contribution in [3.8, 4) is 16.9 Å². The summed E-state index contributed by atoms with van der Waals surface area (Å²) in [5.41, 5.74) is 2.57. The van der Waals surface area contributed by atoms with E-state index in [9.17, 15) is 4.39 Å². The van der Waals surface area contributed by atoms with Gasteiger partial charge in [-0.3, -0.25) is 0 Å². The summed E-state index contributed by atoms with van der Waals surface area (Å²) in [6, 6.07) is 15.3. The van der Waals surface area contributed by atoms with Crippen molar-refractivity contribution < 1.29 is 22.6 Å². The molecule has 0 atom stereocenters. The summed E-state index contributed by atoms with van der Waals surface area (Å²) in [5.74, 6) is -1.41. The van der Waals surface area contributed by atoms with Gasteiger partial charge in [-0.15, -0.1) is 0 Å². The minimum absolute atomic E-state index is 0.0186. The molecule has 0 N–H and O–H groups in total. The summed E-state index contributed by atoms with van der Waals surface area (Å²) >= 11 is 0. The Morgan fingerprint density at radius 2 is 1.59 bits per heavy atom. The van der Waals surface area contributed by atoms with Gasteiger partial charge in [0.15, 0.2) is 11.6 Å². The van der Waals surface area contributed by atoms with Crippen molar-refractivity contribution in [1.29, 1.82) is 0 Å². The van der Waals surface area contributed by atoms with Crippen LogP contribution in [0.3, 0.4) is 0 Å². The minimum atomic E-state index is -0.807. The van der Waals surface area contributed by atoms with Crippen LogP contribution < -0.4 is 4.74 Å². The minimum Gasteiger partial charge on any atom is -0.494 e. The summed E-state index contributed by atoms with van der Waals surface area (Å²) in [5, 5.41) is 0. The molecule has 0 amide bonds. The monoisotopic (exact) mass is 508 g/mol. The lowest BCUT2D eigenvalue weighted by Crippen LogP contribution is -2.22. The first-order chi connectivity index (χ1) is 18.0. The number of ether oxygens (including phenoxy) is 2. The van der Waals surface area contributed by atoms with Crippen LogP contribution in [0.15, 0.2) is 54.6 Å². The normalized spacial score (nSPS) is 17.9. The van der Waals surface area contributed by atoms with Gasteiger partial charge in [0.1, 0.15) is 11.6 Å². The molecule has 3 aromatic rings. The molecule has 0 heterocycles. The van der Waals surface area contributed by atoms with E-state index in [-0.39, 0.29) is 23.4 Å². The van der Waals surface area contributed by atoms with Crippen LogP contribution in [0, 0.1) is 17.5 Å². The Hall–Kier alpha value is -3.05. The fourth-order valence-corrected chi connectivity index (χ4v) is 4.90. The summed E-state index contributed by atoms with van der Waals surface area (Å²) in [7, 11) is 0. The standard InChI is InChI=1S/C32H35F3O2/c1-3-5-20-37-26-15-12-24(13-16-26)29-19-18-28(31(34)32(29)35)23-9-6-22(7-10-23)8-11-25-14-17-27(36-4-2)21-30(25)33/h6-11,14,17-19,21,24,26H,3-5,12-13,15-16,20H2,1-2H3/b11-8+. The molecular weight excluding hydrogens is 473 g/mol. The third kappa shape index (κ3) is 6.84. The van der Waals surface area contributed by atoms with E-state index in [4.69, 9.17) is 9.47 Å². The fourth-order valence-electron chi connectivity index (χ4n) is 4.90. The topological polar surface area (TPSA) is 18.5 Å². The van der Waals surface area contributed by atoms with Gasteiger partial charge in [0.25, 0.3) is 0 Å². The molecule has 5 heteroatoms. The molecule has 3 aromatic carbocycles. The zero-order valence-electron chi connectivity index (χ0n) is 21.6. The maximum atomic E-state index is 15.1. The first kappa shape index (κ1) is 27.0. The van der Waals surface area contributed by atoms with Gasteiger partial charge in [0, 0.05) is 23.8 Å². The molecule has 4 rings (SSSR count). The second-order valence-corrected chi connectivity index (χ2v) is 9.60. The highest BCUT2D eigenvalue weighted by Gasteiger charge is 2.26. The van der Waals surface area contributed by atoms with Crippen LogP contribution in [0.5, 0.6) is 5.75 Å². The molecule has 0 aromatic heterocycles. The maximum absolute atomic E-state index is 15.1. The second-order valence-electron chi connectivity index (χ2n) is 9.60. The smallest absolute Gasteiger partial charge is 0.166 e. The Morgan fingerprint density at radius 3 is 2.27 bits per heavy atom. The van der Waals surface area contributed by atoms with Gasteiger partial charge in [0.2, 0.25) is 0 Å². The zero-order chi connectivity index (χ0) is 26.2. The van der Waals surface area contributed by atoms with Gasteiger partial charge in [-0.25, -0.2) is 13.2 Å². The van der Waals surface area contributed by atoms with E-state index in [0.29, 0.717) is 29.0 Å². The first-order valence-electron chi connectivity index (χ1n) is 13.3. The molecule has 37 heavy (non-hydrogen) atoms. The van der Waals surface area contributed by atoms with E-state index in [0.717, 1.165) is 50.7 Å². The zero-order valence-corrected chi connectivity index (χ0v) is 21.6. The highest BCUT2D eigenvalue weighted by molar-refractivity contribution is 5.73. The lowest BCUT2D eigenvalue weighted by molar-refractivity contribution is 0.0230. The Morgan fingerprint density at radius 1 is 0.838 bits per heavy atom. The third-order valence-corrected chi connectivity index (χ3v) is 7.04. The summed E-state index contributed by atoms with van der Waals surface area (Å²) in [6.45, 7) is 5.24. The van der Waals surface area contributed by atoms with Crippen molar-refractivity contribution in [2.75, 3.05) is 13.2 Å². The SMILES string of the molecule is CCCCOC1CCC(c2ccc(-c3ccc(/C=C/c4ccc(OCC)cc4F)cc3)c(F)c2F)CC1. The lowest BCUT2D eigenvalue weighted by Gasteiger charge is -2.29. The molecule has 2 nitrogen and oxygen atoms in total. The predicted molar refractivity (Wildman–Crippen MR) is 144 cm³/mol. The van der Waals surface area contributed by atoms with Gasteiger partial charge in [-0.2, -0.15) is 0 Å². The van der Waals surface area contributed by atoms with E-state index in [2.05, 4.69) is 6.92 Å². The highest BCUT2D eigenvalue weighted by Crippen LogP contribution is 2.38. The van der Waals surface area contributed by atoms with Crippen molar-refractivity contribution in [3.05, 3.63) is 88.7 Å². The van der Waals surface area contributed by atoms with Crippen LogP contribution in [0.4, 0.5) is 13.2 Å². The molecule has 0 spiro atoms. The molecule has 0 saturated heterocycles. The van der Waals surface area contributed by atoms with E-state index >= 15 is 8.78 Å². The van der Waals surface area contributed by atoms with E-state index in [1.807, 2.05) is 19.1 Å². The van der Waals surface area contributed by atoms with E-state index < -0.39 is 11.6 Å². The largest absolute Gasteiger partial charge is 0.494 e. The Balaban J connectivity index is 1.42. The van der Waals surface area contributed by atoms with Crippen molar-refractivity contribution in [2.24, 2.45) is 0 Å². The molecule has 0 aliphatic heterocycles. The Labute approximate surface area is 218 Å². The lowest BCUT2D eigenvalue weighted by atomic mass is 9.82. The summed E-state index contributed by atoms with van der Waals surface area (Å²) < 4.78 is 55.7. The average Bonchev–Trinajstić information content (AvgIpc) is 2.91. The summed E-state index contributed by atoms with van der Waals surface area (Å²) in [4.78, 5) is 0. The van der Waals surface area contributed by atoms with Crippen molar-refractivity contribution in [1.82, 2.24) is 0 Å². The van der Waals surface area contributed by atoms with Gasteiger partial charge in [0.05, 0.1) is 12.7 Å². The van der Waals surface area contributed by atoms with E-state index in [1.54, 1.807) is 48.6 Å². The molecule has 1 aliphatic carbocycles. The van der Waals surface area contributed by atoms with Crippen LogP contribution in [0.2, 0.25) is 0 Å². The van der Waals surface area contributed by atoms with Gasteiger partial charge < -0.3 is 9.47 Å². The van der Waals surface area contributed by atoms with Gasteiger partial charge in [-0.05, 0) is 73.8 Å². The Bertz CT molecular complexity index is 1200. The van der Waals surface area contributed by atoms with Crippen LogP contribution >= 0.6 is 0 Å². The molecule has 0 radical (unpaired) electrons. The van der Waals surface area contributed by atoms with Crippen molar-refractivity contribution in [2.45, 2.75) is 64.4 Å². The third-order valence-electron chi connectivity index (χ3n) is 7.04.